The van der Waals surface area contributed by atoms with Crippen molar-refractivity contribution in [3.63, 3.8) is 0 Å². The van der Waals surface area contributed by atoms with E-state index in [1.807, 2.05) is 42.5 Å². The molecule has 0 unspecified atom stereocenters. The van der Waals surface area contributed by atoms with Gasteiger partial charge in [-0.3, -0.25) is 9.59 Å². The van der Waals surface area contributed by atoms with E-state index in [0.29, 0.717) is 10.8 Å². The van der Waals surface area contributed by atoms with Gasteiger partial charge < -0.3 is 0 Å². The summed E-state index contributed by atoms with van der Waals surface area (Å²) < 4.78 is 0. The van der Waals surface area contributed by atoms with E-state index in [4.69, 9.17) is 0 Å². The van der Waals surface area contributed by atoms with Gasteiger partial charge in [0.25, 0.3) is 0 Å². The number of hydrogen-bond donors (Lipinski definition) is 0. The predicted octanol–water partition coefficient (Wildman–Crippen LogP) is 6.22. The van der Waals surface area contributed by atoms with Crippen molar-refractivity contribution in [2.75, 3.05) is 0 Å². The molecule has 2 heteroatoms. The SMILES string of the molecule is CCCCCCC#Cc1cc(=O)c2c3c(=O)ccc4cccc(c5cccc1c52)c43. The fraction of sp³-hybridized carbons (Fsp3) is 0.214. The number of benzene rings is 5. The fourth-order valence-electron chi connectivity index (χ4n) is 4.66. The minimum atomic E-state index is -0.121. The molecule has 0 amide bonds. The summed E-state index contributed by atoms with van der Waals surface area (Å²) in [6, 6.07) is 17.2. The zero-order valence-corrected chi connectivity index (χ0v) is 17.0. The Morgan fingerprint density at radius 3 is 2.27 bits per heavy atom. The molecule has 0 saturated carbocycles. The van der Waals surface area contributed by atoms with Crippen LogP contribution in [0.15, 0.2) is 64.2 Å². The Hall–Kier alpha value is -3.44. The normalized spacial score (nSPS) is 11.5. The molecular formula is C28H22O2. The van der Waals surface area contributed by atoms with Gasteiger partial charge in [0.2, 0.25) is 0 Å². The molecule has 0 saturated heterocycles. The third-order valence-electron chi connectivity index (χ3n) is 6.05. The molecule has 0 fully saturated rings. The summed E-state index contributed by atoms with van der Waals surface area (Å²) in [5.74, 6) is 6.50. The lowest BCUT2D eigenvalue weighted by molar-refractivity contribution is 0.679. The maximum absolute atomic E-state index is 13.2. The number of rotatable bonds is 4. The minimum Gasteiger partial charge on any atom is -0.289 e. The summed E-state index contributed by atoms with van der Waals surface area (Å²) in [7, 11) is 0. The van der Waals surface area contributed by atoms with Gasteiger partial charge in [-0.15, -0.1) is 0 Å². The lowest BCUT2D eigenvalue weighted by Gasteiger charge is -2.13. The molecule has 2 nitrogen and oxygen atoms in total. The highest BCUT2D eigenvalue weighted by Crippen LogP contribution is 2.38. The molecule has 5 aromatic carbocycles. The molecule has 5 rings (SSSR count). The van der Waals surface area contributed by atoms with E-state index in [1.54, 1.807) is 12.1 Å². The first kappa shape index (κ1) is 18.6. The van der Waals surface area contributed by atoms with Crippen molar-refractivity contribution in [3.8, 4) is 11.8 Å². The Bertz CT molecular complexity index is 1570. The summed E-state index contributed by atoms with van der Waals surface area (Å²) in [5, 5.41) is 6.78. The first-order valence-electron chi connectivity index (χ1n) is 10.7. The largest absolute Gasteiger partial charge is 0.289 e. The molecular weight excluding hydrogens is 368 g/mol. The molecule has 0 aliphatic heterocycles. The van der Waals surface area contributed by atoms with Crippen LogP contribution in [-0.4, -0.2) is 0 Å². The van der Waals surface area contributed by atoms with E-state index >= 15 is 0 Å². The van der Waals surface area contributed by atoms with Crippen molar-refractivity contribution in [2.24, 2.45) is 0 Å². The summed E-state index contributed by atoms with van der Waals surface area (Å²) in [6.07, 6.45) is 5.55. The van der Waals surface area contributed by atoms with Crippen LogP contribution in [0.1, 0.15) is 44.6 Å². The number of fused-ring (bicyclic) bond motifs is 2. The molecule has 0 aliphatic rings. The lowest BCUT2D eigenvalue weighted by Crippen LogP contribution is -2.09. The first-order valence-corrected chi connectivity index (χ1v) is 10.7. The number of hydrogen-bond acceptors (Lipinski definition) is 2. The maximum atomic E-state index is 13.2. The van der Waals surface area contributed by atoms with Crippen LogP contribution >= 0.6 is 0 Å². The van der Waals surface area contributed by atoms with Gasteiger partial charge in [0, 0.05) is 39.6 Å². The molecule has 30 heavy (non-hydrogen) atoms. The third kappa shape index (κ3) is 2.82. The quantitative estimate of drug-likeness (QED) is 0.158. The Morgan fingerprint density at radius 1 is 0.700 bits per heavy atom. The highest BCUT2D eigenvalue weighted by molar-refractivity contribution is 6.33. The summed E-state index contributed by atoms with van der Waals surface area (Å²) in [4.78, 5) is 26.1. The fourth-order valence-corrected chi connectivity index (χ4v) is 4.66. The Kier molecular flexibility index (Phi) is 4.60. The lowest BCUT2D eigenvalue weighted by atomic mass is 9.88. The maximum Gasteiger partial charge on any atom is 0.188 e. The van der Waals surface area contributed by atoms with Crippen molar-refractivity contribution in [1.82, 2.24) is 0 Å². The molecule has 0 bridgehead atoms. The molecule has 0 heterocycles. The molecule has 0 aromatic heterocycles. The molecule has 5 aromatic rings. The van der Waals surface area contributed by atoms with Crippen molar-refractivity contribution in [1.29, 1.82) is 0 Å². The van der Waals surface area contributed by atoms with Crippen LogP contribution in [0.2, 0.25) is 0 Å². The highest BCUT2D eigenvalue weighted by Gasteiger charge is 2.18. The van der Waals surface area contributed by atoms with Crippen molar-refractivity contribution >= 4 is 43.1 Å². The molecule has 0 N–H and O–H groups in total. The summed E-state index contributed by atoms with van der Waals surface area (Å²) >= 11 is 0. The van der Waals surface area contributed by atoms with E-state index < -0.39 is 0 Å². The van der Waals surface area contributed by atoms with Crippen molar-refractivity contribution in [3.05, 3.63) is 80.6 Å². The standard InChI is InChI=1S/C28H22O2/c1-2-3-4-5-6-7-10-19-17-24(30)28-26-20(19)12-9-14-22(26)21-13-8-11-18-15-16-23(29)27(28)25(18)21/h8-9,11-17H,2-6H2,1H3. The third-order valence-corrected chi connectivity index (χ3v) is 6.05. The van der Waals surface area contributed by atoms with Crippen LogP contribution in [0, 0.1) is 11.8 Å². The first-order chi connectivity index (χ1) is 14.7. The summed E-state index contributed by atoms with van der Waals surface area (Å²) in [6.45, 7) is 2.20. The van der Waals surface area contributed by atoms with Gasteiger partial charge in [-0.05, 0) is 34.0 Å². The zero-order chi connectivity index (χ0) is 20.7. The van der Waals surface area contributed by atoms with Crippen molar-refractivity contribution in [2.45, 2.75) is 39.0 Å². The van der Waals surface area contributed by atoms with Gasteiger partial charge in [0.15, 0.2) is 10.9 Å². The highest BCUT2D eigenvalue weighted by atomic mass is 16.1. The molecule has 0 atom stereocenters. The minimum absolute atomic E-state index is 0.0994. The smallest absolute Gasteiger partial charge is 0.188 e. The molecule has 0 radical (unpaired) electrons. The van der Waals surface area contributed by atoms with E-state index in [2.05, 4.69) is 18.8 Å². The van der Waals surface area contributed by atoms with Gasteiger partial charge in [0.1, 0.15) is 0 Å². The zero-order valence-electron chi connectivity index (χ0n) is 17.0. The van der Waals surface area contributed by atoms with Crippen LogP contribution in [0.5, 0.6) is 0 Å². The second-order valence-electron chi connectivity index (χ2n) is 7.98. The Labute approximate surface area is 174 Å². The Morgan fingerprint density at radius 2 is 1.43 bits per heavy atom. The van der Waals surface area contributed by atoms with Crippen LogP contribution in [0.3, 0.4) is 0 Å². The molecule has 0 spiro atoms. The van der Waals surface area contributed by atoms with Crippen LogP contribution < -0.4 is 10.9 Å². The van der Waals surface area contributed by atoms with Gasteiger partial charge in [-0.25, -0.2) is 0 Å². The van der Waals surface area contributed by atoms with E-state index in [9.17, 15) is 9.59 Å². The topological polar surface area (TPSA) is 34.1 Å². The van der Waals surface area contributed by atoms with Crippen LogP contribution in [-0.2, 0) is 0 Å². The average molecular weight is 390 g/mol. The predicted molar refractivity (Wildman–Crippen MR) is 127 cm³/mol. The van der Waals surface area contributed by atoms with E-state index in [1.165, 1.54) is 19.3 Å². The number of unbranched alkanes of at least 4 members (excludes halogenated alkanes) is 4. The van der Waals surface area contributed by atoms with E-state index in [0.717, 1.165) is 50.7 Å². The van der Waals surface area contributed by atoms with Gasteiger partial charge in [-0.1, -0.05) is 80.5 Å². The monoisotopic (exact) mass is 390 g/mol. The van der Waals surface area contributed by atoms with Crippen LogP contribution in [0.4, 0.5) is 0 Å². The Balaban J connectivity index is 1.83. The second kappa shape index (κ2) is 7.43. The van der Waals surface area contributed by atoms with E-state index in [-0.39, 0.29) is 10.9 Å². The van der Waals surface area contributed by atoms with Crippen LogP contribution in [0.25, 0.3) is 43.1 Å². The van der Waals surface area contributed by atoms with Gasteiger partial charge in [0.05, 0.1) is 0 Å². The van der Waals surface area contributed by atoms with Crippen molar-refractivity contribution < 1.29 is 0 Å². The average Bonchev–Trinajstić information content (AvgIpc) is 2.76. The van der Waals surface area contributed by atoms with Gasteiger partial charge >= 0.3 is 0 Å². The second-order valence-corrected chi connectivity index (χ2v) is 7.98. The summed E-state index contributed by atoms with van der Waals surface area (Å²) in [5.41, 5.74) is 0.539. The molecule has 0 aliphatic carbocycles. The van der Waals surface area contributed by atoms with Gasteiger partial charge in [-0.2, -0.15) is 0 Å². The molecule has 146 valence electrons.